The van der Waals surface area contributed by atoms with Gasteiger partial charge in [0.1, 0.15) is 22.7 Å². The number of nitrogens with zero attached hydrogens (tertiary/aromatic N) is 2. The van der Waals surface area contributed by atoms with E-state index in [0.29, 0.717) is 11.5 Å². The highest BCUT2D eigenvalue weighted by Crippen LogP contribution is 2.40. The van der Waals surface area contributed by atoms with Crippen LogP contribution in [0.2, 0.25) is 0 Å². The SMILES string of the molecule is CCS(=O)(=O)c1ccc(O)c(Nc2ncnc3sc4c(c23)CCC4)c1. The van der Waals surface area contributed by atoms with Crippen molar-refractivity contribution < 1.29 is 13.5 Å². The van der Waals surface area contributed by atoms with Crippen molar-refractivity contribution in [3.8, 4) is 5.75 Å². The first-order valence-corrected chi connectivity index (χ1v) is 10.5. The Hall–Kier alpha value is -2.19. The predicted octanol–water partition coefficient (Wildman–Crippen LogP) is 3.42. The molecule has 0 saturated carbocycles. The highest BCUT2D eigenvalue weighted by molar-refractivity contribution is 7.91. The zero-order valence-electron chi connectivity index (χ0n) is 13.6. The molecule has 8 heteroatoms. The number of aromatic nitrogens is 2. The molecule has 0 amide bonds. The zero-order valence-corrected chi connectivity index (χ0v) is 15.2. The molecular weight excluding hydrogens is 358 g/mol. The van der Waals surface area contributed by atoms with E-state index in [1.54, 1.807) is 18.3 Å². The van der Waals surface area contributed by atoms with Gasteiger partial charge in [0.2, 0.25) is 0 Å². The van der Waals surface area contributed by atoms with Crippen molar-refractivity contribution in [1.29, 1.82) is 0 Å². The molecule has 6 nitrogen and oxygen atoms in total. The lowest BCUT2D eigenvalue weighted by molar-refractivity contribution is 0.477. The van der Waals surface area contributed by atoms with E-state index in [2.05, 4.69) is 15.3 Å². The van der Waals surface area contributed by atoms with Crippen molar-refractivity contribution in [2.45, 2.75) is 31.1 Å². The normalized spacial score (nSPS) is 14.0. The molecule has 0 unspecified atom stereocenters. The Labute approximate surface area is 149 Å². The van der Waals surface area contributed by atoms with Gasteiger partial charge in [0, 0.05) is 4.88 Å². The van der Waals surface area contributed by atoms with Crippen LogP contribution in [0.5, 0.6) is 5.75 Å². The molecule has 4 rings (SSSR count). The lowest BCUT2D eigenvalue weighted by Crippen LogP contribution is -2.04. The maximum Gasteiger partial charge on any atom is 0.178 e. The van der Waals surface area contributed by atoms with Gasteiger partial charge in [0.15, 0.2) is 9.84 Å². The van der Waals surface area contributed by atoms with Crippen LogP contribution in [0.15, 0.2) is 29.4 Å². The lowest BCUT2D eigenvalue weighted by atomic mass is 10.2. The van der Waals surface area contributed by atoms with E-state index in [1.165, 1.54) is 35.0 Å². The summed E-state index contributed by atoms with van der Waals surface area (Å²) in [4.78, 5) is 11.1. The molecule has 0 fully saturated rings. The number of anilines is 2. The molecule has 1 aliphatic rings. The van der Waals surface area contributed by atoms with Crippen molar-refractivity contribution in [2.75, 3.05) is 11.1 Å². The summed E-state index contributed by atoms with van der Waals surface area (Å²) in [6.07, 6.45) is 4.67. The topological polar surface area (TPSA) is 92.2 Å². The van der Waals surface area contributed by atoms with E-state index in [1.807, 2.05) is 0 Å². The van der Waals surface area contributed by atoms with Gasteiger partial charge in [-0.05, 0) is 43.0 Å². The number of aromatic hydroxyl groups is 1. The third kappa shape index (κ3) is 2.75. The Balaban J connectivity index is 1.81. The van der Waals surface area contributed by atoms with Gasteiger partial charge >= 0.3 is 0 Å². The van der Waals surface area contributed by atoms with Crippen LogP contribution in [0.1, 0.15) is 23.8 Å². The maximum atomic E-state index is 12.1. The Morgan fingerprint density at radius 2 is 2.12 bits per heavy atom. The summed E-state index contributed by atoms with van der Waals surface area (Å²) < 4.78 is 24.2. The minimum Gasteiger partial charge on any atom is -0.506 e. The Kier molecular flexibility index (Phi) is 3.88. The number of sulfone groups is 1. The van der Waals surface area contributed by atoms with Gasteiger partial charge in [0.05, 0.1) is 21.7 Å². The van der Waals surface area contributed by atoms with Crippen LogP contribution in [0.4, 0.5) is 11.5 Å². The number of phenols is 1. The van der Waals surface area contributed by atoms with E-state index < -0.39 is 9.84 Å². The van der Waals surface area contributed by atoms with Crippen molar-refractivity contribution in [3.63, 3.8) is 0 Å². The van der Waals surface area contributed by atoms with Gasteiger partial charge < -0.3 is 10.4 Å². The number of hydrogen-bond acceptors (Lipinski definition) is 7. The summed E-state index contributed by atoms with van der Waals surface area (Å²) >= 11 is 1.68. The van der Waals surface area contributed by atoms with Gasteiger partial charge in [-0.25, -0.2) is 18.4 Å². The van der Waals surface area contributed by atoms with Crippen LogP contribution in [-0.4, -0.2) is 29.2 Å². The summed E-state index contributed by atoms with van der Waals surface area (Å²) in [6.45, 7) is 1.60. The van der Waals surface area contributed by atoms with E-state index >= 15 is 0 Å². The largest absolute Gasteiger partial charge is 0.506 e. The molecule has 3 aromatic rings. The average molecular weight is 375 g/mol. The quantitative estimate of drug-likeness (QED) is 0.679. The van der Waals surface area contributed by atoms with Gasteiger partial charge in [-0.2, -0.15) is 0 Å². The fraction of sp³-hybridized carbons (Fsp3) is 0.294. The Morgan fingerprint density at radius 1 is 1.28 bits per heavy atom. The average Bonchev–Trinajstić information content (AvgIpc) is 3.17. The van der Waals surface area contributed by atoms with Crippen molar-refractivity contribution in [2.24, 2.45) is 0 Å². The number of nitrogens with one attached hydrogen (secondary N) is 1. The van der Waals surface area contributed by atoms with Crippen LogP contribution in [0.3, 0.4) is 0 Å². The molecule has 0 atom stereocenters. The second-order valence-electron chi connectivity index (χ2n) is 5.97. The first-order valence-electron chi connectivity index (χ1n) is 8.07. The smallest absolute Gasteiger partial charge is 0.178 e. The van der Waals surface area contributed by atoms with Crippen molar-refractivity contribution >= 4 is 42.9 Å². The molecule has 0 saturated heterocycles. The van der Waals surface area contributed by atoms with E-state index in [4.69, 9.17) is 0 Å². The number of phenolic OH excluding ortho intramolecular Hbond substituents is 1. The molecule has 1 aliphatic carbocycles. The molecule has 1 aromatic carbocycles. The zero-order chi connectivity index (χ0) is 17.6. The number of fused-ring (bicyclic) bond motifs is 3. The summed E-state index contributed by atoms with van der Waals surface area (Å²) in [5.41, 5.74) is 1.59. The standard InChI is InChI=1S/C17H17N3O3S2/c1-2-25(22,23)10-6-7-13(21)12(8-10)20-16-15-11-4-3-5-14(11)24-17(15)19-9-18-16/h6-9,21H,2-5H2,1H3,(H,18,19,20). The molecule has 0 bridgehead atoms. The fourth-order valence-corrected chi connectivity index (χ4v) is 5.26. The molecule has 130 valence electrons. The molecule has 2 N–H and O–H groups in total. The number of benzene rings is 1. The van der Waals surface area contributed by atoms with E-state index in [0.717, 1.165) is 29.5 Å². The van der Waals surface area contributed by atoms with E-state index in [9.17, 15) is 13.5 Å². The van der Waals surface area contributed by atoms with Gasteiger partial charge in [0.25, 0.3) is 0 Å². The highest BCUT2D eigenvalue weighted by atomic mass is 32.2. The summed E-state index contributed by atoms with van der Waals surface area (Å²) in [5.74, 6) is 0.590. The van der Waals surface area contributed by atoms with Crippen LogP contribution in [0, 0.1) is 0 Å². The van der Waals surface area contributed by atoms with Crippen LogP contribution in [0.25, 0.3) is 10.2 Å². The summed E-state index contributed by atoms with van der Waals surface area (Å²) in [7, 11) is -3.35. The molecular formula is C17H17N3O3S2. The summed E-state index contributed by atoms with van der Waals surface area (Å²) in [5, 5.41) is 14.2. The third-order valence-corrected chi connectivity index (χ3v) is 7.39. The molecule has 2 heterocycles. The predicted molar refractivity (Wildman–Crippen MR) is 98.6 cm³/mol. The lowest BCUT2D eigenvalue weighted by Gasteiger charge is -2.11. The molecule has 0 spiro atoms. The van der Waals surface area contributed by atoms with E-state index in [-0.39, 0.29) is 16.4 Å². The molecule has 0 aliphatic heterocycles. The van der Waals surface area contributed by atoms with Gasteiger partial charge in [-0.3, -0.25) is 0 Å². The number of hydrogen-bond donors (Lipinski definition) is 2. The van der Waals surface area contributed by atoms with Crippen LogP contribution in [-0.2, 0) is 22.7 Å². The second kappa shape index (κ2) is 5.96. The number of thiophene rings is 1. The molecule has 2 aromatic heterocycles. The Morgan fingerprint density at radius 3 is 2.92 bits per heavy atom. The minimum absolute atomic E-state index is 0.00695. The summed E-state index contributed by atoms with van der Waals surface area (Å²) in [6, 6.07) is 4.26. The molecule has 0 radical (unpaired) electrons. The van der Waals surface area contributed by atoms with Gasteiger partial charge in [-0.15, -0.1) is 11.3 Å². The van der Waals surface area contributed by atoms with Crippen molar-refractivity contribution in [1.82, 2.24) is 9.97 Å². The minimum atomic E-state index is -3.35. The molecule has 25 heavy (non-hydrogen) atoms. The number of rotatable bonds is 4. The third-order valence-electron chi connectivity index (χ3n) is 4.46. The number of aryl methyl sites for hydroxylation is 2. The second-order valence-corrected chi connectivity index (χ2v) is 9.33. The highest BCUT2D eigenvalue weighted by Gasteiger charge is 2.22. The first-order chi connectivity index (χ1) is 12.0. The first kappa shape index (κ1) is 16.3. The van der Waals surface area contributed by atoms with Crippen LogP contribution >= 0.6 is 11.3 Å². The Bertz CT molecular complexity index is 1070. The monoisotopic (exact) mass is 375 g/mol. The maximum absolute atomic E-state index is 12.1. The van der Waals surface area contributed by atoms with Crippen LogP contribution < -0.4 is 5.32 Å². The fourth-order valence-electron chi connectivity index (χ4n) is 3.13. The van der Waals surface area contributed by atoms with Gasteiger partial charge in [-0.1, -0.05) is 6.92 Å². The van der Waals surface area contributed by atoms with Crippen molar-refractivity contribution in [3.05, 3.63) is 35.0 Å².